The van der Waals surface area contributed by atoms with Crippen LogP contribution in [0.5, 0.6) is 23.0 Å². The van der Waals surface area contributed by atoms with Crippen LogP contribution < -0.4 is 28.3 Å². The van der Waals surface area contributed by atoms with E-state index in [4.69, 9.17) is 22.9 Å². The molecule has 0 unspecified atom stereocenters. The molecule has 5 amide bonds. The van der Waals surface area contributed by atoms with E-state index in [1.165, 1.54) is 58.8 Å². The molecule has 0 spiro atoms. The molecule has 16 atom stereocenters. The van der Waals surface area contributed by atoms with Gasteiger partial charge in [0, 0.05) is 77.0 Å². The number of hydrogen-bond acceptors (Lipinski definition) is 34. The van der Waals surface area contributed by atoms with Crippen molar-refractivity contribution in [1.29, 1.82) is 0 Å². The van der Waals surface area contributed by atoms with Gasteiger partial charge in [-0.1, -0.05) is 93.6 Å². The summed E-state index contributed by atoms with van der Waals surface area (Å²) in [7, 11) is 12.5. The highest BCUT2D eigenvalue weighted by Gasteiger charge is 2.70. The quantitative estimate of drug-likeness (QED) is 0.0467. The Morgan fingerprint density at radius 3 is 0.966 bits per heavy atom. The first-order valence-electron chi connectivity index (χ1n) is 47.0. The molecule has 4 saturated carbocycles. The number of aromatic hydroxyl groups is 4. The molecule has 12 aliphatic carbocycles. The van der Waals surface area contributed by atoms with Crippen molar-refractivity contribution in [1.82, 2.24) is 24.9 Å². The molecular weight excluding hydrogens is 1880 g/mol. The first kappa shape index (κ1) is 104. The van der Waals surface area contributed by atoms with E-state index in [0.717, 1.165) is 27.8 Å². The lowest BCUT2D eigenvalue weighted by molar-refractivity contribution is -0.155. The summed E-state index contributed by atoms with van der Waals surface area (Å²) in [6.45, 7) is 6.77. The normalized spacial score (nSPS) is 27.5. The van der Waals surface area contributed by atoms with Gasteiger partial charge >= 0.3 is 0 Å². The molecule has 145 heavy (non-hydrogen) atoms. The van der Waals surface area contributed by atoms with Gasteiger partial charge in [-0.2, -0.15) is 0 Å². The number of nitrogens with two attached hydrogens (primary N) is 4. The van der Waals surface area contributed by atoms with E-state index in [-0.39, 0.29) is 143 Å². The Labute approximate surface area is 829 Å². The third-order valence-corrected chi connectivity index (χ3v) is 31.0. The summed E-state index contributed by atoms with van der Waals surface area (Å²) in [6, 6.07) is 23.6. The predicted octanol–water partition coefficient (Wildman–Crippen LogP) is 4.54. The van der Waals surface area contributed by atoms with Crippen molar-refractivity contribution in [3.8, 4) is 45.3 Å². The number of nitrogens with zero attached hydrogens (tertiary/aromatic N) is 4. The lowest BCUT2D eigenvalue weighted by atomic mass is 9.57. The number of aliphatic hydroxyl groups is 12. The molecule has 6 aromatic carbocycles. The Kier molecular flexibility index (Phi) is 27.2. The Hall–Kier alpha value is -15.1. The number of carbonyl (C=O) groups is 14. The summed E-state index contributed by atoms with van der Waals surface area (Å²) in [5.41, 5.74) is 14.2. The Balaban J connectivity index is 0.000000146. The highest BCUT2D eigenvalue weighted by atomic mass is 16.4. The first-order chi connectivity index (χ1) is 68.1. The molecule has 0 aliphatic heterocycles. The van der Waals surface area contributed by atoms with Gasteiger partial charge in [0.25, 0.3) is 23.6 Å². The summed E-state index contributed by atoms with van der Waals surface area (Å²) in [5.74, 6) is -27.7. The average molecular weight is 1990 g/mol. The van der Waals surface area contributed by atoms with Crippen LogP contribution in [-0.2, 0) is 107 Å². The minimum absolute atomic E-state index is 0.00556. The van der Waals surface area contributed by atoms with Crippen molar-refractivity contribution in [2.24, 2.45) is 70.3 Å². The highest BCUT2D eigenvalue weighted by molar-refractivity contribution is 6.28. The lowest BCUT2D eigenvalue weighted by Gasteiger charge is -2.50. The topological polar surface area (TPSA) is 692 Å². The second kappa shape index (κ2) is 37.9. The fourth-order valence-corrected chi connectivity index (χ4v) is 24.5. The molecule has 0 radical (unpaired) electrons. The van der Waals surface area contributed by atoms with E-state index in [2.05, 4.69) is 5.32 Å². The highest BCUT2D eigenvalue weighted by Crippen LogP contribution is 2.60. The lowest BCUT2D eigenvalue weighted by Crippen LogP contribution is -2.65. The molecule has 39 nitrogen and oxygen atoms in total. The zero-order valence-electron chi connectivity index (χ0n) is 81.1. The molecule has 12 aliphatic rings. The van der Waals surface area contributed by atoms with E-state index < -0.39 is 232 Å². The Morgan fingerprint density at radius 1 is 0.359 bits per heavy atom. The summed E-state index contributed by atoms with van der Waals surface area (Å²) in [5, 5.41) is 181. The number of ketones is 9. The molecule has 39 heteroatoms. The van der Waals surface area contributed by atoms with Gasteiger partial charge in [-0.15, -0.1) is 0 Å². The number of likely N-dealkylation sites (N-methyl/N-ethyl adjacent to an activating group) is 4. The van der Waals surface area contributed by atoms with Crippen LogP contribution in [0, 0.1) is 47.3 Å². The minimum Gasteiger partial charge on any atom is -0.508 e. The van der Waals surface area contributed by atoms with Gasteiger partial charge in [0.2, 0.25) is 29.0 Å². The number of rotatable bonds is 16. The molecule has 762 valence electrons. The molecule has 25 N–H and O–H groups in total. The summed E-state index contributed by atoms with van der Waals surface area (Å²) in [6.07, 6.45) is 2.26. The van der Waals surface area contributed by atoms with E-state index in [9.17, 15) is 149 Å². The number of phenolic OH excluding ortho intramolecular Hbond substituents is 4. The van der Waals surface area contributed by atoms with Gasteiger partial charge in [0.1, 0.15) is 91.4 Å². The number of benzene rings is 6. The molecule has 18 rings (SSSR count). The number of carbonyl (C=O) groups excluding carboxylic acids is 14. The fourth-order valence-electron chi connectivity index (χ4n) is 24.5. The first-order valence-corrected chi connectivity index (χ1v) is 47.0. The van der Waals surface area contributed by atoms with E-state index >= 15 is 0 Å². The number of aryl methyl sites for hydroxylation is 2. The number of amides is 5. The van der Waals surface area contributed by atoms with E-state index in [0.29, 0.717) is 52.6 Å². The zero-order valence-corrected chi connectivity index (χ0v) is 81.1. The van der Waals surface area contributed by atoms with Gasteiger partial charge in [-0.05, 0) is 224 Å². The van der Waals surface area contributed by atoms with Crippen molar-refractivity contribution in [2.45, 2.75) is 151 Å². The standard InChI is InChI=1S/C30H31N3O8.C27H26N2O7.C25H30N2O7.C24H26N2O8/c1-13(34)32-12-16-10-17(14-7-5-4-6-8-14)18-9-15-11-19-23(33(2)3)26(37)22(29(31)40)28(39)30(19,41)27(38)20(15)25(36)21(18)24(16)35;1-29(2)21-16-11-13-10-15-14(12-6-4-3-5-7-12)8-9-17(30)19(15)22(31)18(13)24(33)27(16,36)25(34)20(23(21)32)26(28)35;1-5-10-7-11(6-2)19(28)16-13(10)8-12-9-14-18(27(3)4)21(30)17(24(26)33)23(32)25(14,34)22(31)15(12)20(16)29;1-4-13(27)10-5-6-14(28)16-11(10)7-9-8-12-18(26(2)3)20(30)17(23(25)33)22(32)24(12,34)21(31)15(9)19(16)29/h4-8,10,15,19,23,35-36,39,41H,9,11-12H2,1-3H3,(H2,31,40)(H,32,34);3-9,13,16,21,30-31,34,36H,10-11H2,1-2H3,(H2,28,35);7,12,14,18,28-29,32,34H,5-6,8-9H2,1-4H3,(H2,26,33);5-6,9,12,18,28-29,32,34H,4,7-8H2,1-3H3,(H2,25,33)/t15-,19-,23-,30-;13-,16-,21+,27-;12-,14-,18-,25-;9-,12-,18-,24-/m0000/s1. The van der Waals surface area contributed by atoms with Gasteiger partial charge in [-0.25, -0.2) is 0 Å². The smallest absolute Gasteiger partial charge is 0.255 e. The molecule has 0 bridgehead atoms. The van der Waals surface area contributed by atoms with Gasteiger partial charge < -0.3 is 110 Å². The third-order valence-electron chi connectivity index (χ3n) is 31.0. The van der Waals surface area contributed by atoms with Crippen molar-refractivity contribution >= 4 is 105 Å². The van der Waals surface area contributed by atoms with Crippen molar-refractivity contribution in [3.05, 3.63) is 231 Å². The molecular formula is C106H113N9O30. The van der Waals surface area contributed by atoms with Gasteiger partial charge in [0.05, 0.1) is 46.4 Å². The van der Waals surface area contributed by atoms with E-state index in [1.54, 1.807) is 61.3 Å². The van der Waals surface area contributed by atoms with Crippen molar-refractivity contribution < 1.29 is 149 Å². The number of primary amides is 4. The maximum atomic E-state index is 14.1. The number of fused-ring (bicyclic) bond motifs is 12. The second-order valence-corrected chi connectivity index (χ2v) is 39.6. The monoisotopic (exact) mass is 1990 g/mol. The van der Waals surface area contributed by atoms with Crippen LogP contribution in [0.25, 0.3) is 45.3 Å². The number of aliphatic hydroxyl groups excluding tert-OH is 8. The van der Waals surface area contributed by atoms with Crippen LogP contribution >= 0.6 is 0 Å². The Morgan fingerprint density at radius 2 is 0.648 bits per heavy atom. The fraction of sp³-hybridized carbons (Fsp3) is 0.377. The van der Waals surface area contributed by atoms with Crippen LogP contribution in [0.15, 0.2) is 165 Å². The molecule has 4 fully saturated rings. The van der Waals surface area contributed by atoms with Crippen LogP contribution in [0.3, 0.4) is 0 Å². The molecule has 0 heterocycles. The molecule has 6 aromatic rings. The summed E-state index contributed by atoms with van der Waals surface area (Å²) < 4.78 is 0. The zero-order chi connectivity index (χ0) is 107. The summed E-state index contributed by atoms with van der Waals surface area (Å²) in [4.78, 5) is 186. The average Bonchev–Trinajstić information content (AvgIpc) is 0.708. The van der Waals surface area contributed by atoms with Gasteiger partial charge in [-0.3, -0.25) is 86.7 Å². The number of nitrogens with one attached hydrogen (secondary N) is 1. The van der Waals surface area contributed by atoms with Crippen LogP contribution in [0.4, 0.5) is 0 Å². The minimum atomic E-state index is -2.71. The van der Waals surface area contributed by atoms with E-state index in [1.807, 2.05) is 80.6 Å². The number of Topliss-reactive ketones (excluding diaryl/α,β-unsaturated/α-hetero) is 9. The molecule has 0 saturated heterocycles. The van der Waals surface area contributed by atoms with Crippen LogP contribution in [0.1, 0.15) is 131 Å². The Bertz CT molecular complexity index is 7030. The maximum Gasteiger partial charge on any atom is 0.255 e. The van der Waals surface area contributed by atoms with Crippen molar-refractivity contribution in [2.75, 3.05) is 56.4 Å². The largest absolute Gasteiger partial charge is 0.508 e. The summed E-state index contributed by atoms with van der Waals surface area (Å²) >= 11 is 0. The number of phenols is 4. The third kappa shape index (κ3) is 15.8. The molecule has 0 aromatic heterocycles. The second-order valence-electron chi connectivity index (χ2n) is 39.6. The van der Waals surface area contributed by atoms with Crippen molar-refractivity contribution in [3.63, 3.8) is 0 Å². The predicted molar refractivity (Wildman–Crippen MR) is 519 cm³/mol. The van der Waals surface area contributed by atoms with Gasteiger partial charge in [0.15, 0.2) is 51.3 Å². The van der Waals surface area contributed by atoms with Crippen LogP contribution in [-0.4, -0.2) is 286 Å². The van der Waals surface area contributed by atoms with Crippen LogP contribution in [0.2, 0.25) is 0 Å². The number of hydrogen-bond donors (Lipinski definition) is 21. The SMILES string of the molecule is CC(=O)NCc1cc(-c2ccccc2)c2c(c1O)C(O)=C1C(=O)[C@]3(O)C(O)=C(C(N)=O)C(=O)[C@@H](N(C)C)[C@@H]3C[C@@H]1C2.CCC(=O)c1ccc(O)c2c1C[C@H]1C[C@H]3[C@H](N(C)C)C(=O)C(C(N)=O)=C(O)[C@@]3(O)C(=O)C1=C2O.CCc1cc(CC)c2c(c1O)C(O)=C1C(=O)[C@]3(O)C(O)=C(C(N)=O)C(=O)[C@@H](N(C)C)[C@@H]3C[C@@H]1C2.CN(C)[C@H]1C(=O)C(C(N)=O)=C(O)[C@@]2(O)C(=O)C3=C(O)c4c(O)ccc(-c5ccccc5)c4C[C@H]3C[C@@H]12. The maximum absolute atomic E-state index is 14.1.